The molecule has 0 radical (unpaired) electrons. The number of nitrogens with one attached hydrogen (secondary N) is 2. The van der Waals surface area contributed by atoms with Crippen LogP contribution in [-0.4, -0.2) is 74.1 Å². The van der Waals surface area contributed by atoms with Crippen molar-refractivity contribution in [1.82, 2.24) is 10.6 Å². The van der Waals surface area contributed by atoms with Gasteiger partial charge in [0.2, 0.25) is 17.7 Å². The van der Waals surface area contributed by atoms with Crippen LogP contribution in [0.1, 0.15) is 95.4 Å². The number of hydrogen-bond donors (Lipinski definition) is 3. The molecule has 260 valence electrons. The molecule has 0 aromatic carbocycles. The van der Waals surface area contributed by atoms with Crippen LogP contribution in [0.4, 0.5) is 0 Å². The summed E-state index contributed by atoms with van der Waals surface area (Å²) in [6.45, 7) is 37.4. The zero-order valence-corrected chi connectivity index (χ0v) is 34.4. The predicted octanol–water partition coefficient (Wildman–Crippen LogP) is 6.70. The van der Waals surface area contributed by atoms with Crippen molar-refractivity contribution in [2.75, 3.05) is 19.8 Å². The predicted molar refractivity (Wildman–Crippen MR) is 190 cm³/mol. The minimum absolute atomic E-state index is 0.0216. The number of imide groups is 1. The van der Waals surface area contributed by atoms with Gasteiger partial charge < -0.3 is 24.3 Å². The van der Waals surface area contributed by atoms with Crippen LogP contribution in [0.15, 0.2) is 0 Å². The fourth-order valence-electron chi connectivity index (χ4n) is 3.19. The molecule has 12 heteroatoms. The Morgan fingerprint density at radius 2 is 0.955 bits per heavy atom. The number of carbonyl (C=O) groups excluding carboxylic acids is 3. The van der Waals surface area contributed by atoms with Crippen molar-refractivity contribution in [3.63, 3.8) is 0 Å². The minimum Gasteiger partial charge on any atom is -0.414 e. The largest absolute Gasteiger partial charge is 0.414 e. The molecule has 9 nitrogen and oxygen atoms in total. The molecule has 0 aromatic heterocycles. The standard InChI is InChI=1S/C32H69N3O6Si3/c1-24(2)27(33)28(38)34-25(36)19-18-20-26(37)35-32(21-39-42(12,13)29(3,4)5,22-40-43(14,15)30(6,7)8)23-41-44(16,17)31(9,10)11/h24,27H,18-23,33H2,1-17H3,(H,35,37)(H,34,36,38)/t27-/m0/s1. The van der Waals surface area contributed by atoms with E-state index in [1.807, 2.05) is 13.8 Å². The first kappa shape index (κ1) is 43.1. The molecule has 1 atom stereocenters. The Morgan fingerprint density at radius 1 is 0.636 bits per heavy atom. The molecule has 0 aliphatic carbocycles. The van der Waals surface area contributed by atoms with Gasteiger partial charge >= 0.3 is 0 Å². The smallest absolute Gasteiger partial charge is 0.243 e. The second-order valence-electron chi connectivity index (χ2n) is 17.5. The van der Waals surface area contributed by atoms with Gasteiger partial charge in [-0.05, 0) is 66.7 Å². The molecule has 0 aliphatic heterocycles. The lowest BCUT2D eigenvalue weighted by Crippen LogP contribution is -2.63. The third-order valence-electron chi connectivity index (χ3n) is 10.0. The highest BCUT2D eigenvalue weighted by molar-refractivity contribution is 6.75. The Balaban J connectivity index is 6.21. The van der Waals surface area contributed by atoms with Crippen molar-refractivity contribution in [3.05, 3.63) is 0 Å². The van der Waals surface area contributed by atoms with E-state index in [9.17, 15) is 14.4 Å². The zero-order chi connectivity index (χ0) is 35.2. The van der Waals surface area contributed by atoms with E-state index in [4.69, 9.17) is 19.0 Å². The van der Waals surface area contributed by atoms with E-state index in [1.165, 1.54) is 0 Å². The molecule has 0 fully saturated rings. The van der Waals surface area contributed by atoms with Gasteiger partial charge in [-0.2, -0.15) is 0 Å². The SMILES string of the molecule is CC(C)[C@H](N)C(=O)NC(=O)CCCC(=O)NC(CO[Si](C)(C)C(C)(C)C)(CO[Si](C)(C)C(C)(C)C)CO[Si](C)(C)C(C)(C)C. The summed E-state index contributed by atoms with van der Waals surface area (Å²) in [4.78, 5) is 38.1. The normalized spacial score (nSPS) is 14.9. The maximum atomic E-state index is 13.6. The van der Waals surface area contributed by atoms with Crippen LogP contribution < -0.4 is 16.4 Å². The van der Waals surface area contributed by atoms with Crippen molar-refractivity contribution >= 4 is 42.7 Å². The van der Waals surface area contributed by atoms with Crippen LogP contribution >= 0.6 is 0 Å². The molecule has 0 bridgehead atoms. The van der Waals surface area contributed by atoms with Crippen molar-refractivity contribution in [2.24, 2.45) is 11.7 Å². The van der Waals surface area contributed by atoms with E-state index in [1.54, 1.807) is 0 Å². The van der Waals surface area contributed by atoms with Gasteiger partial charge in [0.25, 0.3) is 0 Å². The third kappa shape index (κ3) is 13.4. The minimum atomic E-state index is -2.20. The molecule has 0 aromatic rings. The van der Waals surface area contributed by atoms with Crippen molar-refractivity contribution in [3.8, 4) is 0 Å². The molecule has 0 saturated heterocycles. The second-order valence-corrected chi connectivity index (χ2v) is 31.9. The Labute approximate surface area is 273 Å². The second kappa shape index (κ2) is 15.8. The quantitative estimate of drug-likeness (QED) is 0.155. The average molecular weight is 676 g/mol. The molecule has 0 spiro atoms. The third-order valence-corrected chi connectivity index (χ3v) is 23.5. The van der Waals surface area contributed by atoms with Gasteiger partial charge in [-0.1, -0.05) is 76.2 Å². The molecule has 0 heterocycles. The lowest BCUT2D eigenvalue weighted by molar-refractivity contribution is -0.131. The highest BCUT2D eigenvalue weighted by atomic mass is 28.4. The Kier molecular flexibility index (Phi) is 15.5. The number of hydrogen-bond acceptors (Lipinski definition) is 7. The number of amides is 3. The summed E-state index contributed by atoms with van der Waals surface area (Å²) in [5.41, 5.74) is 4.94. The van der Waals surface area contributed by atoms with Crippen LogP contribution in [0.2, 0.25) is 54.4 Å². The maximum absolute atomic E-state index is 13.6. The van der Waals surface area contributed by atoms with E-state index >= 15 is 0 Å². The summed E-state index contributed by atoms with van der Waals surface area (Å²) in [6.07, 6.45) is 0.436. The van der Waals surface area contributed by atoms with Gasteiger partial charge in [-0.25, -0.2) is 0 Å². The van der Waals surface area contributed by atoms with Gasteiger partial charge in [0.15, 0.2) is 25.0 Å². The van der Waals surface area contributed by atoms with Crippen LogP contribution in [-0.2, 0) is 27.7 Å². The summed E-state index contributed by atoms with van der Waals surface area (Å²) in [6, 6.07) is -0.759. The average Bonchev–Trinajstić information content (AvgIpc) is 2.82. The van der Waals surface area contributed by atoms with Crippen molar-refractivity contribution < 1.29 is 27.7 Å². The number of carbonyl (C=O) groups is 3. The highest BCUT2D eigenvalue weighted by Gasteiger charge is 2.46. The summed E-state index contributed by atoms with van der Waals surface area (Å²) in [5, 5.41) is 5.57. The van der Waals surface area contributed by atoms with Gasteiger partial charge in [0.05, 0.1) is 25.9 Å². The van der Waals surface area contributed by atoms with Crippen LogP contribution in [0.25, 0.3) is 0 Å². The number of nitrogens with two attached hydrogens (primary N) is 1. The van der Waals surface area contributed by atoms with Crippen molar-refractivity contribution in [2.45, 2.75) is 161 Å². The van der Waals surface area contributed by atoms with E-state index in [-0.39, 0.29) is 66.0 Å². The fraction of sp³-hybridized carbons (Fsp3) is 0.906. The van der Waals surface area contributed by atoms with Gasteiger partial charge in [0.1, 0.15) is 5.54 Å². The molecule has 0 saturated carbocycles. The van der Waals surface area contributed by atoms with Crippen LogP contribution in [0.5, 0.6) is 0 Å². The molecule has 3 amide bonds. The molecule has 4 N–H and O–H groups in total. The monoisotopic (exact) mass is 675 g/mol. The van der Waals surface area contributed by atoms with E-state index in [0.717, 1.165) is 0 Å². The molecule has 0 rings (SSSR count). The lowest BCUT2D eigenvalue weighted by Gasteiger charge is -2.46. The maximum Gasteiger partial charge on any atom is 0.243 e. The van der Waals surface area contributed by atoms with Crippen LogP contribution in [0.3, 0.4) is 0 Å². The summed E-state index contributed by atoms with van der Waals surface area (Å²) >= 11 is 0. The van der Waals surface area contributed by atoms with Crippen LogP contribution in [0, 0.1) is 5.92 Å². The molecular formula is C32H69N3O6Si3. The molecule has 0 aliphatic rings. The Hall–Kier alpha value is -0.899. The topological polar surface area (TPSA) is 129 Å². The number of rotatable bonds is 16. The highest BCUT2D eigenvalue weighted by Crippen LogP contribution is 2.40. The van der Waals surface area contributed by atoms with Gasteiger partial charge in [-0.3, -0.25) is 19.7 Å². The summed E-state index contributed by atoms with van der Waals surface area (Å²) in [7, 11) is -6.59. The summed E-state index contributed by atoms with van der Waals surface area (Å²) < 4.78 is 20.3. The Morgan fingerprint density at radius 3 is 1.25 bits per heavy atom. The van der Waals surface area contributed by atoms with E-state index in [0.29, 0.717) is 0 Å². The first-order chi connectivity index (χ1) is 19.4. The first-order valence-corrected chi connectivity index (χ1v) is 24.9. The molecule has 44 heavy (non-hydrogen) atoms. The first-order valence-electron chi connectivity index (χ1n) is 16.2. The zero-order valence-electron chi connectivity index (χ0n) is 31.4. The lowest BCUT2D eigenvalue weighted by atomic mass is 10.0. The van der Waals surface area contributed by atoms with Gasteiger partial charge in [-0.15, -0.1) is 0 Å². The van der Waals surface area contributed by atoms with Gasteiger partial charge in [0, 0.05) is 12.8 Å². The summed E-state index contributed by atoms with van der Waals surface area (Å²) in [5.74, 6) is -1.23. The Bertz CT molecular complexity index is 890. The fourth-order valence-corrected chi connectivity index (χ4v) is 6.40. The van der Waals surface area contributed by atoms with Crippen molar-refractivity contribution in [1.29, 1.82) is 0 Å². The molecular weight excluding hydrogens is 607 g/mol. The van der Waals surface area contributed by atoms with E-state index < -0.39 is 48.3 Å². The van der Waals surface area contributed by atoms with E-state index in [2.05, 4.69) is 112 Å². The molecule has 0 unspecified atom stereocenters.